The van der Waals surface area contributed by atoms with Crippen molar-refractivity contribution in [1.29, 1.82) is 0 Å². The van der Waals surface area contributed by atoms with E-state index in [1.807, 2.05) is 28.8 Å². The van der Waals surface area contributed by atoms with Crippen molar-refractivity contribution >= 4 is 5.91 Å². The van der Waals surface area contributed by atoms with Crippen LogP contribution in [0.2, 0.25) is 0 Å². The molecule has 1 saturated heterocycles. The summed E-state index contributed by atoms with van der Waals surface area (Å²) in [5.74, 6) is 0.133. The predicted octanol–water partition coefficient (Wildman–Crippen LogP) is 2.39. The molecule has 3 rings (SSSR count). The zero-order valence-electron chi connectivity index (χ0n) is 13.5. The third-order valence-corrected chi connectivity index (χ3v) is 4.40. The molecule has 1 aliphatic heterocycles. The van der Waals surface area contributed by atoms with Crippen LogP contribution in [0.25, 0.3) is 11.1 Å². The van der Waals surface area contributed by atoms with E-state index in [2.05, 4.69) is 43.1 Å². The highest BCUT2D eigenvalue weighted by atomic mass is 16.2. The zero-order valence-corrected chi connectivity index (χ0v) is 13.5. The smallest absolute Gasteiger partial charge is 0.270 e. The Bertz CT molecular complexity index is 664. The number of hydrogen-bond donors (Lipinski definition) is 0. The number of benzene rings is 1. The summed E-state index contributed by atoms with van der Waals surface area (Å²) in [6.45, 7) is 5.58. The molecule has 2 aromatic rings. The summed E-state index contributed by atoms with van der Waals surface area (Å²) in [6, 6.07) is 10.4. The molecule has 1 fully saturated rings. The van der Waals surface area contributed by atoms with Gasteiger partial charge in [0.2, 0.25) is 0 Å². The van der Waals surface area contributed by atoms with Gasteiger partial charge in [0.05, 0.1) is 0 Å². The van der Waals surface area contributed by atoms with Gasteiger partial charge in [0.1, 0.15) is 5.69 Å². The number of carbonyl (C=O) groups is 1. The Labute approximate surface area is 132 Å². The largest absolute Gasteiger partial charge is 0.346 e. The lowest BCUT2D eigenvalue weighted by Gasteiger charge is -2.32. The summed E-state index contributed by atoms with van der Waals surface area (Å²) >= 11 is 0. The minimum atomic E-state index is 0.133. The molecular weight excluding hydrogens is 274 g/mol. The molecule has 0 aliphatic carbocycles. The summed E-state index contributed by atoms with van der Waals surface area (Å²) < 4.78 is 1.94. The van der Waals surface area contributed by atoms with Crippen LogP contribution in [0.15, 0.2) is 36.5 Å². The zero-order chi connectivity index (χ0) is 15.7. The number of rotatable bonds is 2. The minimum absolute atomic E-state index is 0.133. The van der Waals surface area contributed by atoms with Crippen LogP contribution < -0.4 is 0 Å². The van der Waals surface area contributed by atoms with Crippen LogP contribution in [0.3, 0.4) is 0 Å². The number of nitrogens with zero attached hydrogens (tertiary/aromatic N) is 3. The lowest BCUT2D eigenvalue weighted by molar-refractivity contribution is 0.0654. The molecular formula is C18H23N3O. The Morgan fingerprint density at radius 1 is 0.955 bits per heavy atom. The van der Waals surface area contributed by atoms with Gasteiger partial charge in [-0.1, -0.05) is 29.8 Å². The monoisotopic (exact) mass is 297 g/mol. The van der Waals surface area contributed by atoms with Crippen LogP contribution in [0.1, 0.15) is 16.1 Å². The molecule has 0 bridgehead atoms. The average Bonchev–Trinajstić information content (AvgIpc) is 2.90. The maximum absolute atomic E-state index is 12.7. The van der Waals surface area contributed by atoms with E-state index in [0.29, 0.717) is 0 Å². The fourth-order valence-electron chi connectivity index (χ4n) is 2.85. The predicted molar refractivity (Wildman–Crippen MR) is 89.0 cm³/mol. The maximum atomic E-state index is 12.7. The number of likely N-dealkylation sites (N-methyl/N-ethyl adjacent to an activating group) is 1. The topological polar surface area (TPSA) is 28.5 Å². The van der Waals surface area contributed by atoms with E-state index in [1.54, 1.807) is 0 Å². The molecule has 116 valence electrons. The van der Waals surface area contributed by atoms with E-state index >= 15 is 0 Å². The summed E-state index contributed by atoms with van der Waals surface area (Å²) in [5.41, 5.74) is 4.26. The van der Waals surface area contributed by atoms with Crippen molar-refractivity contribution in [3.05, 3.63) is 47.8 Å². The Morgan fingerprint density at radius 3 is 2.23 bits per heavy atom. The third-order valence-electron chi connectivity index (χ3n) is 4.40. The van der Waals surface area contributed by atoms with Crippen molar-refractivity contribution < 1.29 is 4.79 Å². The van der Waals surface area contributed by atoms with E-state index in [4.69, 9.17) is 0 Å². The molecule has 4 heteroatoms. The molecule has 1 aromatic heterocycles. The molecule has 0 radical (unpaired) electrons. The van der Waals surface area contributed by atoms with Crippen molar-refractivity contribution in [2.24, 2.45) is 7.05 Å². The van der Waals surface area contributed by atoms with Crippen molar-refractivity contribution in [1.82, 2.24) is 14.4 Å². The summed E-state index contributed by atoms with van der Waals surface area (Å²) in [5, 5.41) is 0. The average molecular weight is 297 g/mol. The van der Waals surface area contributed by atoms with Gasteiger partial charge in [-0.3, -0.25) is 4.79 Å². The summed E-state index contributed by atoms with van der Waals surface area (Å²) in [4.78, 5) is 16.9. The third kappa shape index (κ3) is 2.92. The van der Waals surface area contributed by atoms with Crippen LogP contribution in [0.5, 0.6) is 0 Å². The quantitative estimate of drug-likeness (QED) is 0.851. The molecule has 0 N–H and O–H groups in total. The lowest BCUT2D eigenvalue weighted by atomic mass is 10.1. The SMILES string of the molecule is Cc1ccc(-c2cc(C(=O)N3CCN(C)CC3)n(C)c2)cc1. The minimum Gasteiger partial charge on any atom is -0.346 e. The van der Waals surface area contributed by atoms with Gasteiger partial charge in [-0.15, -0.1) is 0 Å². The number of hydrogen-bond acceptors (Lipinski definition) is 2. The van der Waals surface area contributed by atoms with Gasteiger partial charge in [-0.05, 0) is 25.6 Å². The molecule has 22 heavy (non-hydrogen) atoms. The van der Waals surface area contributed by atoms with Crippen molar-refractivity contribution in [2.75, 3.05) is 33.2 Å². The van der Waals surface area contributed by atoms with Crippen LogP contribution in [0, 0.1) is 6.92 Å². The van der Waals surface area contributed by atoms with Gasteiger partial charge in [-0.2, -0.15) is 0 Å². The summed E-state index contributed by atoms with van der Waals surface area (Å²) in [6.07, 6.45) is 2.04. The second-order valence-electron chi connectivity index (χ2n) is 6.19. The van der Waals surface area contributed by atoms with Gasteiger partial charge in [0.25, 0.3) is 5.91 Å². The first-order valence-corrected chi connectivity index (χ1v) is 7.76. The van der Waals surface area contributed by atoms with Gasteiger partial charge >= 0.3 is 0 Å². The van der Waals surface area contributed by atoms with Crippen LogP contribution >= 0.6 is 0 Å². The van der Waals surface area contributed by atoms with Crippen molar-refractivity contribution in [3.63, 3.8) is 0 Å². The van der Waals surface area contributed by atoms with Gasteiger partial charge in [-0.25, -0.2) is 0 Å². The first kappa shape index (κ1) is 14.9. The number of carbonyl (C=O) groups excluding carboxylic acids is 1. The highest BCUT2D eigenvalue weighted by Gasteiger charge is 2.22. The van der Waals surface area contributed by atoms with E-state index < -0.39 is 0 Å². The van der Waals surface area contributed by atoms with E-state index in [1.165, 1.54) is 5.56 Å². The normalized spacial score (nSPS) is 16.0. The number of aryl methyl sites for hydroxylation is 2. The Kier molecular flexibility index (Phi) is 4.03. The molecule has 4 nitrogen and oxygen atoms in total. The van der Waals surface area contributed by atoms with E-state index in [0.717, 1.165) is 43.0 Å². The van der Waals surface area contributed by atoms with E-state index in [9.17, 15) is 4.79 Å². The molecule has 0 unspecified atom stereocenters. The van der Waals surface area contributed by atoms with E-state index in [-0.39, 0.29) is 5.91 Å². The standard InChI is InChI=1S/C18H23N3O/c1-14-4-6-15(7-5-14)16-12-17(20(3)13-16)18(22)21-10-8-19(2)9-11-21/h4-7,12-13H,8-11H2,1-3H3. The highest BCUT2D eigenvalue weighted by molar-refractivity contribution is 5.94. The number of amides is 1. The fourth-order valence-corrected chi connectivity index (χ4v) is 2.85. The molecule has 1 aliphatic rings. The molecule has 2 heterocycles. The van der Waals surface area contributed by atoms with Crippen LogP contribution in [-0.4, -0.2) is 53.5 Å². The molecule has 0 atom stereocenters. The maximum Gasteiger partial charge on any atom is 0.270 e. The van der Waals surface area contributed by atoms with Crippen LogP contribution in [-0.2, 0) is 7.05 Å². The number of piperazine rings is 1. The molecule has 1 aromatic carbocycles. The summed E-state index contributed by atoms with van der Waals surface area (Å²) in [7, 11) is 4.04. The lowest BCUT2D eigenvalue weighted by Crippen LogP contribution is -2.47. The first-order valence-electron chi connectivity index (χ1n) is 7.76. The Hall–Kier alpha value is -2.07. The highest BCUT2D eigenvalue weighted by Crippen LogP contribution is 2.23. The second kappa shape index (κ2) is 5.97. The van der Waals surface area contributed by atoms with Crippen molar-refractivity contribution in [3.8, 4) is 11.1 Å². The van der Waals surface area contributed by atoms with Gasteiger partial charge in [0, 0.05) is 45.0 Å². The molecule has 0 spiro atoms. The first-order chi connectivity index (χ1) is 10.5. The Balaban J connectivity index is 1.83. The fraction of sp³-hybridized carbons (Fsp3) is 0.389. The Morgan fingerprint density at radius 2 is 1.59 bits per heavy atom. The van der Waals surface area contributed by atoms with Crippen LogP contribution in [0.4, 0.5) is 0 Å². The second-order valence-corrected chi connectivity index (χ2v) is 6.19. The molecule has 0 saturated carbocycles. The van der Waals surface area contributed by atoms with Crippen molar-refractivity contribution in [2.45, 2.75) is 6.92 Å². The molecule has 1 amide bonds. The van der Waals surface area contributed by atoms with Gasteiger partial charge in [0.15, 0.2) is 0 Å². The van der Waals surface area contributed by atoms with Gasteiger partial charge < -0.3 is 14.4 Å². The number of aromatic nitrogens is 1.